The predicted molar refractivity (Wildman–Crippen MR) is 81.4 cm³/mol. The predicted octanol–water partition coefficient (Wildman–Crippen LogP) is 2.79. The summed E-state index contributed by atoms with van der Waals surface area (Å²) in [5.41, 5.74) is -0.988. The zero-order valence-electron chi connectivity index (χ0n) is 13.1. The largest absolute Gasteiger partial charge is 0.325 e. The molecule has 1 aliphatic heterocycles. The minimum Gasteiger partial charge on any atom is -0.323 e. The fraction of sp³-hybridized carbons (Fsp3) is 0.471. The van der Waals surface area contributed by atoms with E-state index in [0.717, 1.165) is 48.8 Å². The minimum absolute atomic E-state index is 0.0729. The second-order valence-corrected chi connectivity index (χ2v) is 6.37. The van der Waals surface area contributed by atoms with E-state index in [9.17, 15) is 23.2 Å². The molecular weight excluding hydrogens is 318 g/mol. The van der Waals surface area contributed by atoms with Crippen LogP contribution in [-0.2, 0) is 4.79 Å². The molecule has 1 aromatic carbocycles. The van der Waals surface area contributed by atoms with Crippen LogP contribution in [0.25, 0.3) is 0 Å². The maximum atomic E-state index is 13.3. The van der Waals surface area contributed by atoms with E-state index < -0.39 is 41.4 Å². The summed E-state index contributed by atoms with van der Waals surface area (Å²) in [6.45, 7) is -0.475. The highest BCUT2D eigenvalue weighted by Crippen LogP contribution is 2.32. The Morgan fingerprint density at radius 2 is 1.75 bits per heavy atom. The molecule has 24 heavy (non-hydrogen) atoms. The molecule has 0 aromatic heterocycles. The second kappa shape index (κ2) is 6.30. The van der Waals surface area contributed by atoms with Crippen LogP contribution in [0, 0.1) is 11.6 Å². The van der Waals surface area contributed by atoms with Crippen molar-refractivity contribution in [3.05, 3.63) is 35.4 Å². The van der Waals surface area contributed by atoms with Crippen molar-refractivity contribution >= 4 is 17.7 Å². The molecule has 3 rings (SSSR count). The van der Waals surface area contributed by atoms with Gasteiger partial charge in [-0.05, 0) is 31.0 Å². The lowest BCUT2D eigenvalue weighted by Crippen LogP contribution is -2.46. The van der Waals surface area contributed by atoms with Gasteiger partial charge in [0.25, 0.3) is 5.91 Å². The van der Waals surface area contributed by atoms with Gasteiger partial charge < -0.3 is 5.32 Å². The maximum absolute atomic E-state index is 13.3. The number of Topliss-reactive ketones (excluding diaryl/α,β-unsaturated/α-hetero) is 1. The molecule has 0 unspecified atom stereocenters. The number of nitrogens with zero attached hydrogens (tertiary/aromatic N) is 1. The molecule has 2 fully saturated rings. The van der Waals surface area contributed by atoms with Crippen LogP contribution in [0.2, 0.25) is 0 Å². The fourth-order valence-electron chi connectivity index (χ4n) is 3.40. The third-order valence-electron chi connectivity index (χ3n) is 4.75. The summed E-state index contributed by atoms with van der Waals surface area (Å²) in [5.74, 6) is -3.20. The minimum atomic E-state index is -1.14. The number of nitrogens with one attached hydrogen (secondary N) is 1. The molecule has 0 bridgehead atoms. The van der Waals surface area contributed by atoms with E-state index in [4.69, 9.17) is 0 Å². The average molecular weight is 336 g/mol. The number of amides is 3. The van der Waals surface area contributed by atoms with Gasteiger partial charge in [-0.15, -0.1) is 0 Å². The van der Waals surface area contributed by atoms with Gasteiger partial charge in [0.15, 0.2) is 17.4 Å². The molecule has 1 heterocycles. The van der Waals surface area contributed by atoms with E-state index in [1.165, 1.54) is 0 Å². The topological polar surface area (TPSA) is 66.5 Å². The van der Waals surface area contributed by atoms with Crippen LogP contribution >= 0.6 is 0 Å². The van der Waals surface area contributed by atoms with E-state index >= 15 is 0 Å². The first kappa shape index (κ1) is 16.5. The number of hydrogen-bond donors (Lipinski definition) is 1. The molecule has 1 saturated heterocycles. The third-order valence-corrected chi connectivity index (χ3v) is 4.75. The van der Waals surface area contributed by atoms with Crippen LogP contribution in [0.3, 0.4) is 0 Å². The van der Waals surface area contributed by atoms with E-state index in [2.05, 4.69) is 5.32 Å². The zero-order chi connectivity index (χ0) is 17.3. The first-order chi connectivity index (χ1) is 11.4. The van der Waals surface area contributed by atoms with Crippen molar-refractivity contribution in [1.82, 2.24) is 10.2 Å². The van der Waals surface area contributed by atoms with Crippen LogP contribution in [0.15, 0.2) is 18.2 Å². The summed E-state index contributed by atoms with van der Waals surface area (Å²) in [5, 5.41) is 2.74. The van der Waals surface area contributed by atoms with Gasteiger partial charge in [-0.2, -0.15) is 0 Å². The number of benzene rings is 1. The Labute approximate surface area is 138 Å². The highest BCUT2D eigenvalue weighted by atomic mass is 19.2. The number of imide groups is 1. The van der Waals surface area contributed by atoms with Gasteiger partial charge in [-0.1, -0.05) is 25.7 Å². The molecule has 0 atom stereocenters. The lowest BCUT2D eigenvalue weighted by Gasteiger charge is -2.24. The number of halogens is 2. The summed E-state index contributed by atoms with van der Waals surface area (Å²) >= 11 is 0. The lowest BCUT2D eigenvalue weighted by atomic mass is 9.90. The summed E-state index contributed by atoms with van der Waals surface area (Å²) < 4.78 is 26.2. The van der Waals surface area contributed by atoms with E-state index in [1.54, 1.807) is 0 Å². The van der Waals surface area contributed by atoms with Crippen LogP contribution in [0.5, 0.6) is 0 Å². The molecule has 128 valence electrons. The van der Waals surface area contributed by atoms with Gasteiger partial charge in [0, 0.05) is 5.56 Å². The highest BCUT2D eigenvalue weighted by molar-refractivity contribution is 6.11. The molecule has 1 aliphatic carbocycles. The summed E-state index contributed by atoms with van der Waals surface area (Å²) in [7, 11) is 0. The SMILES string of the molecule is O=C(CN1C(=O)NC2(CCCCCC2)C1=O)c1ccc(F)c(F)c1. The van der Waals surface area contributed by atoms with Gasteiger partial charge in [-0.25, -0.2) is 13.6 Å². The Kier molecular flexibility index (Phi) is 4.34. The van der Waals surface area contributed by atoms with Crippen molar-refractivity contribution in [3.8, 4) is 0 Å². The molecule has 0 radical (unpaired) electrons. The van der Waals surface area contributed by atoms with Crippen LogP contribution < -0.4 is 5.32 Å². The van der Waals surface area contributed by atoms with Crippen molar-refractivity contribution in [2.75, 3.05) is 6.54 Å². The second-order valence-electron chi connectivity index (χ2n) is 6.37. The number of ketones is 1. The smallest absolute Gasteiger partial charge is 0.323 e. The van der Waals surface area contributed by atoms with E-state index in [0.29, 0.717) is 12.8 Å². The van der Waals surface area contributed by atoms with Crippen molar-refractivity contribution in [2.45, 2.75) is 44.1 Å². The molecule has 1 saturated carbocycles. The average Bonchev–Trinajstić information content (AvgIpc) is 2.73. The van der Waals surface area contributed by atoms with Crippen LogP contribution in [-0.4, -0.2) is 34.7 Å². The number of hydrogen-bond acceptors (Lipinski definition) is 3. The number of rotatable bonds is 3. The molecule has 1 aromatic rings. The Bertz CT molecular complexity index is 697. The normalized spacial score (nSPS) is 20.2. The van der Waals surface area contributed by atoms with Gasteiger partial charge in [-0.3, -0.25) is 14.5 Å². The Hall–Kier alpha value is -2.31. The molecule has 1 spiro atoms. The third kappa shape index (κ3) is 2.90. The Morgan fingerprint density at radius 1 is 1.08 bits per heavy atom. The number of carbonyl (C=O) groups is 3. The fourth-order valence-corrected chi connectivity index (χ4v) is 3.40. The number of urea groups is 1. The molecule has 1 N–H and O–H groups in total. The van der Waals surface area contributed by atoms with E-state index in [1.807, 2.05) is 0 Å². The van der Waals surface area contributed by atoms with E-state index in [-0.39, 0.29) is 5.56 Å². The Balaban J connectivity index is 1.77. The van der Waals surface area contributed by atoms with Crippen molar-refractivity contribution in [1.29, 1.82) is 0 Å². The summed E-state index contributed by atoms with van der Waals surface area (Å²) in [6, 6.07) is 2.16. The van der Waals surface area contributed by atoms with Gasteiger partial charge in [0.2, 0.25) is 0 Å². The zero-order valence-corrected chi connectivity index (χ0v) is 13.1. The highest BCUT2D eigenvalue weighted by Gasteiger charge is 2.51. The summed E-state index contributed by atoms with van der Waals surface area (Å²) in [4.78, 5) is 38.0. The van der Waals surface area contributed by atoms with Gasteiger partial charge in [0.05, 0.1) is 6.54 Å². The van der Waals surface area contributed by atoms with Crippen molar-refractivity contribution < 1.29 is 23.2 Å². The lowest BCUT2D eigenvalue weighted by molar-refractivity contribution is -0.131. The number of carbonyl (C=O) groups excluding carboxylic acids is 3. The van der Waals surface area contributed by atoms with Crippen LogP contribution in [0.4, 0.5) is 13.6 Å². The molecule has 2 aliphatic rings. The first-order valence-electron chi connectivity index (χ1n) is 8.05. The molecule has 5 nitrogen and oxygen atoms in total. The summed E-state index contributed by atoms with van der Waals surface area (Å²) in [6.07, 6.45) is 4.84. The molecule has 3 amide bonds. The molecule has 7 heteroatoms. The first-order valence-corrected chi connectivity index (χ1v) is 8.05. The Morgan fingerprint density at radius 3 is 2.38 bits per heavy atom. The van der Waals surface area contributed by atoms with Gasteiger partial charge in [0.1, 0.15) is 5.54 Å². The van der Waals surface area contributed by atoms with Crippen molar-refractivity contribution in [3.63, 3.8) is 0 Å². The van der Waals surface area contributed by atoms with Crippen molar-refractivity contribution in [2.24, 2.45) is 0 Å². The monoisotopic (exact) mass is 336 g/mol. The maximum Gasteiger partial charge on any atom is 0.325 e. The van der Waals surface area contributed by atoms with Gasteiger partial charge >= 0.3 is 6.03 Å². The quantitative estimate of drug-likeness (QED) is 0.682. The standard InChI is InChI=1S/C17H18F2N2O3/c18-12-6-5-11(9-13(12)19)14(22)10-21-15(23)17(20-16(21)24)7-3-1-2-4-8-17/h5-6,9H,1-4,7-8,10H2,(H,20,24). The van der Waals surface area contributed by atoms with Crippen LogP contribution in [0.1, 0.15) is 48.9 Å². The molecular formula is C17H18F2N2O3.